The SMILES string of the molecule is CC(C)(CC(=O)Nc1ccc(Br)c([N+](=O)[O-])c1)C(=O)O. The van der Waals surface area contributed by atoms with Crippen molar-refractivity contribution in [3.05, 3.63) is 32.8 Å². The monoisotopic (exact) mass is 344 g/mol. The Kier molecular flexibility index (Phi) is 4.83. The molecule has 108 valence electrons. The number of carboxylic acid groups (broad SMARTS) is 1. The van der Waals surface area contributed by atoms with Crippen LogP contribution in [0, 0.1) is 15.5 Å². The first kappa shape index (κ1) is 16.1. The maximum absolute atomic E-state index is 11.7. The Hall–Kier alpha value is -1.96. The summed E-state index contributed by atoms with van der Waals surface area (Å²) in [5.74, 6) is -1.61. The van der Waals surface area contributed by atoms with E-state index in [1.807, 2.05) is 0 Å². The molecule has 1 amide bonds. The van der Waals surface area contributed by atoms with Gasteiger partial charge in [0, 0.05) is 18.2 Å². The van der Waals surface area contributed by atoms with E-state index in [0.717, 1.165) is 0 Å². The average molecular weight is 345 g/mol. The van der Waals surface area contributed by atoms with Gasteiger partial charge in [0.1, 0.15) is 0 Å². The summed E-state index contributed by atoms with van der Waals surface area (Å²) in [5.41, 5.74) is -1.14. The van der Waals surface area contributed by atoms with Crippen molar-refractivity contribution in [2.24, 2.45) is 5.41 Å². The van der Waals surface area contributed by atoms with Gasteiger partial charge in [-0.05, 0) is 41.9 Å². The highest BCUT2D eigenvalue weighted by atomic mass is 79.9. The van der Waals surface area contributed by atoms with Gasteiger partial charge in [-0.3, -0.25) is 19.7 Å². The van der Waals surface area contributed by atoms with Gasteiger partial charge >= 0.3 is 5.97 Å². The van der Waals surface area contributed by atoms with Gasteiger partial charge in [0.15, 0.2) is 0 Å². The van der Waals surface area contributed by atoms with Gasteiger partial charge in [-0.25, -0.2) is 0 Å². The average Bonchev–Trinajstić information content (AvgIpc) is 2.30. The lowest BCUT2D eigenvalue weighted by molar-refractivity contribution is -0.385. The van der Waals surface area contributed by atoms with Crippen LogP contribution in [0.25, 0.3) is 0 Å². The van der Waals surface area contributed by atoms with Crippen molar-refractivity contribution in [1.82, 2.24) is 0 Å². The summed E-state index contributed by atoms with van der Waals surface area (Å²) in [6.07, 6.45) is -0.230. The largest absolute Gasteiger partial charge is 0.481 e. The molecule has 0 aromatic heterocycles. The third-order valence-corrected chi connectivity index (χ3v) is 3.28. The molecule has 7 nitrogen and oxygen atoms in total. The number of benzene rings is 1. The van der Waals surface area contributed by atoms with Crippen LogP contribution in [-0.4, -0.2) is 21.9 Å². The van der Waals surface area contributed by atoms with Crippen LogP contribution in [-0.2, 0) is 9.59 Å². The Morgan fingerprint density at radius 3 is 2.55 bits per heavy atom. The molecule has 8 heteroatoms. The van der Waals surface area contributed by atoms with Crippen LogP contribution in [0.5, 0.6) is 0 Å². The number of rotatable bonds is 5. The highest BCUT2D eigenvalue weighted by Gasteiger charge is 2.30. The van der Waals surface area contributed by atoms with Gasteiger partial charge in [-0.1, -0.05) is 0 Å². The van der Waals surface area contributed by atoms with Gasteiger partial charge in [0.05, 0.1) is 14.8 Å². The normalized spacial score (nSPS) is 10.9. The second-order valence-electron chi connectivity index (χ2n) is 4.84. The molecule has 20 heavy (non-hydrogen) atoms. The minimum atomic E-state index is -1.20. The molecule has 0 aliphatic carbocycles. The van der Waals surface area contributed by atoms with E-state index in [0.29, 0.717) is 4.47 Å². The van der Waals surface area contributed by atoms with Crippen molar-refractivity contribution < 1.29 is 19.6 Å². The molecular weight excluding hydrogens is 332 g/mol. The standard InChI is InChI=1S/C12H13BrN2O5/c1-12(2,11(17)18)6-10(16)14-7-3-4-8(13)9(5-7)15(19)20/h3-5H,6H2,1-2H3,(H,14,16)(H,17,18). The van der Waals surface area contributed by atoms with Crippen molar-refractivity contribution in [3.8, 4) is 0 Å². The Labute approximate surface area is 123 Å². The second-order valence-corrected chi connectivity index (χ2v) is 5.69. The molecule has 0 atom stereocenters. The highest BCUT2D eigenvalue weighted by molar-refractivity contribution is 9.10. The molecule has 0 aliphatic rings. The summed E-state index contributed by atoms with van der Waals surface area (Å²) in [4.78, 5) is 32.8. The van der Waals surface area contributed by atoms with Crippen molar-refractivity contribution >= 4 is 39.2 Å². The first-order valence-corrected chi connectivity index (χ1v) is 6.40. The molecule has 0 spiro atoms. The molecule has 0 fully saturated rings. The lowest BCUT2D eigenvalue weighted by Gasteiger charge is -2.18. The molecule has 0 radical (unpaired) electrons. The number of carboxylic acids is 1. The summed E-state index contributed by atoms with van der Waals surface area (Å²) in [5, 5.41) is 22.1. The van der Waals surface area contributed by atoms with Crippen molar-refractivity contribution in [1.29, 1.82) is 0 Å². The molecule has 1 aromatic rings. The molecule has 1 aromatic carbocycles. The fourth-order valence-corrected chi connectivity index (χ4v) is 1.80. The molecule has 0 saturated heterocycles. The summed E-state index contributed by atoms with van der Waals surface area (Å²) in [7, 11) is 0. The third kappa shape index (κ3) is 4.02. The van der Waals surface area contributed by atoms with E-state index >= 15 is 0 Å². The molecule has 2 N–H and O–H groups in total. The summed E-state index contributed by atoms with van der Waals surface area (Å²) < 4.78 is 0.298. The van der Waals surface area contributed by atoms with Crippen LogP contribution in [0.1, 0.15) is 20.3 Å². The summed E-state index contributed by atoms with van der Waals surface area (Å²) in [6.45, 7) is 2.86. The number of hydrogen-bond acceptors (Lipinski definition) is 4. The molecule has 0 unspecified atom stereocenters. The number of hydrogen-bond donors (Lipinski definition) is 2. The van der Waals surface area contributed by atoms with Crippen LogP contribution in [0.2, 0.25) is 0 Å². The minimum absolute atomic E-state index is 0.180. The van der Waals surface area contributed by atoms with Crippen LogP contribution in [0.15, 0.2) is 22.7 Å². The van der Waals surface area contributed by atoms with Crippen molar-refractivity contribution in [3.63, 3.8) is 0 Å². The van der Waals surface area contributed by atoms with E-state index in [9.17, 15) is 19.7 Å². The topological polar surface area (TPSA) is 110 Å². The van der Waals surface area contributed by atoms with E-state index in [4.69, 9.17) is 5.11 Å². The smallest absolute Gasteiger partial charge is 0.309 e. The Balaban J connectivity index is 2.84. The molecule has 0 heterocycles. The fourth-order valence-electron chi connectivity index (χ4n) is 1.41. The zero-order valence-electron chi connectivity index (χ0n) is 10.8. The number of carbonyl (C=O) groups excluding carboxylic acids is 1. The van der Waals surface area contributed by atoms with Crippen LogP contribution in [0.3, 0.4) is 0 Å². The lowest BCUT2D eigenvalue weighted by Crippen LogP contribution is -2.29. The van der Waals surface area contributed by atoms with Gasteiger partial charge in [0.2, 0.25) is 5.91 Å². The number of nitrogens with zero attached hydrogens (tertiary/aromatic N) is 1. The van der Waals surface area contributed by atoms with E-state index in [2.05, 4.69) is 21.2 Å². The minimum Gasteiger partial charge on any atom is -0.481 e. The van der Waals surface area contributed by atoms with Crippen LogP contribution >= 0.6 is 15.9 Å². The number of nitrogens with one attached hydrogen (secondary N) is 1. The quantitative estimate of drug-likeness (QED) is 0.630. The van der Waals surface area contributed by atoms with Gasteiger partial charge in [-0.2, -0.15) is 0 Å². The zero-order chi connectivity index (χ0) is 15.5. The number of halogens is 1. The van der Waals surface area contributed by atoms with Crippen LogP contribution < -0.4 is 5.32 Å². The Bertz CT molecular complexity index is 571. The Morgan fingerprint density at radius 1 is 1.45 bits per heavy atom. The lowest BCUT2D eigenvalue weighted by atomic mass is 9.89. The first-order valence-electron chi connectivity index (χ1n) is 5.60. The maximum Gasteiger partial charge on any atom is 0.309 e. The number of aliphatic carboxylic acids is 1. The van der Waals surface area contributed by atoms with Crippen molar-refractivity contribution in [2.75, 3.05) is 5.32 Å². The summed E-state index contributed by atoms with van der Waals surface area (Å²) >= 11 is 3.03. The van der Waals surface area contributed by atoms with E-state index in [1.54, 1.807) is 0 Å². The molecule has 0 saturated carbocycles. The number of carbonyl (C=O) groups is 2. The van der Waals surface area contributed by atoms with Gasteiger partial charge in [-0.15, -0.1) is 0 Å². The maximum atomic E-state index is 11.7. The van der Waals surface area contributed by atoms with E-state index in [-0.39, 0.29) is 17.8 Å². The fraction of sp³-hybridized carbons (Fsp3) is 0.333. The van der Waals surface area contributed by atoms with Gasteiger partial charge < -0.3 is 10.4 Å². The third-order valence-electron chi connectivity index (χ3n) is 2.61. The first-order chi connectivity index (χ1) is 9.13. The zero-order valence-corrected chi connectivity index (χ0v) is 12.4. The molecule has 1 rings (SSSR count). The number of nitro groups is 1. The Morgan fingerprint density at radius 2 is 2.05 bits per heavy atom. The predicted octanol–water partition coefficient (Wildman–Crippen LogP) is 2.80. The van der Waals surface area contributed by atoms with Crippen LogP contribution in [0.4, 0.5) is 11.4 Å². The van der Waals surface area contributed by atoms with Crippen molar-refractivity contribution in [2.45, 2.75) is 20.3 Å². The van der Waals surface area contributed by atoms with Gasteiger partial charge in [0.25, 0.3) is 5.69 Å². The van der Waals surface area contributed by atoms with E-state index < -0.39 is 22.2 Å². The molecule has 0 aliphatic heterocycles. The number of amides is 1. The number of nitro benzene ring substituents is 1. The molecular formula is C12H13BrN2O5. The predicted molar refractivity (Wildman–Crippen MR) is 75.5 cm³/mol. The highest BCUT2D eigenvalue weighted by Crippen LogP contribution is 2.28. The summed E-state index contributed by atoms with van der Waals surface area (Å²) in [6, 6.07) is 4.13. The van der Waals surface area contributed by atoms with E-state index in [1.165, 1.54) is 32.0 Å². The number of anilines is 1. The molecule has 0 bridgehead atoms. The second kappa shape index (κ2) is 6.00.